The first-order valence-corrected chi connectivity index (χ1v) is 3.12. The first-order chi connectivity index (χ1) is 3.63. The molecule has 2 nitrogen and oxygen atoms in total. The van der Waals surface area contributed by atoms with Crippen LogP contribution in [0.1, 0.15) is 13.8 Å². The quantitative estimate of drug-likeness (QED) is 0.342. The second-order valence-electron chi connectivity index (χ2n) is 2.14. The van der Waals surface area contributed by atoms with E-state index in [-0.39, 0.29) is 0 Å². The number of hydrogen-bond donors (Lipinski definition) is 2. The van der Waals surface area contributed by atoms with Gasteiger partial charge in [0.2, 0.25) is 0 Å². The number of hydrogen-bond acceptors (Lipinski definition) is 2. The third-order valence-electron chi connectivity index (χ3n) is 0.695. The Morgan fingerprint density at radius 2 is 2.12 bits per heavy atom. The van der Waals surface area contributed by atoms with Gasteiger partial charge in [-0.25, -0.2) is 0 Å². The van der Waals surface area contributed by atoms with Gasteiger partial charge in [0.15, 0.2) is 5.69 Å². The second kappa shape index (κ2) is 4.13. The zero-order valence-corrected chi connectivity index (χ0v) is 5.94. The zero-order chi connectivity index (χ0) is 6.57. The monoisotopic (exact) mass is 137 g/mol. The van der Waals surface area contributed by atoms with Crippen molar-refractivity contribution in [1.29, 1.82) is 0 Å². The number of nitrogens with one attached hydrogen (secondary N) is 1. The molecule has 0 fully saturated rings. The number of aliphatic hydroxyl groups is 1. The van der Waals surface area contributed by atoms with Crippen molar-refractivity contribution in [3.63, 3.8) is 0 Å². The van der Waals surface area contributed by atoms with Crippen LogP contribution in [0.4, 0.5) is 0 Å². The van der Waals surface area contributed by atoms with Gasteiger partial charge in [0, 0.05) is 6.54 Å². The van der Waals surface area contributed by atoms with Crippen LogP contribution in [0.2, 0.25) is 0 Å². The van der Waals surface area contributed by atoms with E-state index in [9.17, 15) is 0 Å². The van der Waals surface area contributed by atoms with Gasteiger partial charge in [-0.15, -0.1) is 0 Å². The zero-order valence-electron chi connectivity index (χ0n) is 5.19. The molecule has 0 radical (unpaired) electrons. The molecule has 0 rings (SSSR count). The molecule has 0 saturated carbocycles. The topological polar surface area (TPSA) is 32.3 Å². The van der Waals surface area contributed by atoms with Crippen molar-refractivity contribution in [3.8, 4) is 0 Å². The van der Waals surface area contributed by atoms with Gasteiger partial charge in [0.1, 0.15) is 0 Å². The Kier molecular flexibility index (Phi) is 4.23. The lowest BCUT2D eigenvalue weighted by molar-refractivity contribution is 0.212. The van der Waals surface area contributed by atoms with E-state index in [0.29, 0.717) is 5.92 Å². The normalized spacial score (nSPS) is 14.6. The van der Waals surface area contributed by atoms with Gasteiger partial charge in [-0.05, 0) is 5.92 Å². The lowest BCUT2D eigenvalue weighted by atomic mass is 10.2. The highest BCUT2D eigenvalue weighted by Gasteiger charge is 1.96. The summed E-state index contributed by atoms with van der Waals surface area (Å²) >= 11 is 5.17. The maximum absolute atomic E-state index is 8.46. The van der Waals surface area contributed by atoms with E-state index < -0.39 is 5.69 Å². The van der Waals surface area contributed by atoms with Crippen molar-refractivity contribution >= 4 is 11.6 Å². The maximum atomic E-state index is 8.46. The first kappa shape index (κ1) is 8.21. The molecule has 0 heterocycles. The third-order valence-corrected chi connectivity index (χ3v) is 0.849. The molecule has 2 N–H and O–H groups in total. The minimum Gasteiger partial charge on any atom is -0.365 e. The Hall–Kier alpha value is 0.210. The predicted octanol–water partition coefficient (Wildman–Crippen LogP) is 0.747. The summed E-state index contributed by atoms with van der Waals surface area (Å²) in [5.41, 5.74) is -0.891. The Labute approximate surface area is 54.8 Å². The fraction of sp³-hybridized carbons (Fsp3) is 1.00. The highest BCUT2D eigenvalue weighted by molar-refractivity contribution is 6.19. The van der Waals surface area contributed by atoms with Crippen LogP contribution in [0.15, 0.2) is 0 Å². The number of rotatable bonds is 3. The van der Waals surface area contributed by atoms with Gasteiger partial charge in [0.05, 0.1) is 0 Å². The van der Waals surface area contributed by atoms with E-state index in [1.165, 1.54) is 0 Å². The highest BCUT2D eigenvalue weighted by Crippen LogP contribution is 1.89. The van der Waals surface area contributed by atoms with Gasteiger partial charge in [-0.2, -0.15) is 0 Å². The molecule has 0 spiro atoms. The van der Waals surface area contributed by atoms with Crippen LogP contribution in [0.25, 0.3) is 0 Å². The average Bonchev–Trinajstić information content (AvgIpc) is 1.61. The molecule has 0 bridgehead atoms. The summed E-state index contributed by atoms with van der Waals surface area (Å²) in [5, 5.41) is 11.1. The summed E-state index contributed by atoms with van der Waals surface area (Å²) in [5.74, 6) is 0.531. The van der Waals surface area contributed by atoms with Gasteiger partial charge in [-0.1, -0.05) is 25.4 Å². The number of alkyl halides is 1. The van der Waals surface area contributed by atoms with Gasteiger partial charge in [0.25, 0.3) is 0 Å². The fourth-order valence-electron chi connectivity index (χ4n) is 0.333. The molecule has 0 aliphatic heterocycles. The minimum absolute atomic E-state index is 0.531. The molecule has 1 atom stereocenters. The summed E-state index contributed by atoms with van der Waals surface area (Å²) < 4.78 is 0. The van der Waals surface area contributed by atoms with Gasteiger partial charge >= 0.3 is 0 Å². The maximum Gasteiger partial charge on any atom is 0.182 e. The lowest BCUT2D eigenvalue weighted by Crippen LogP contribution is -2.26. The van der Waals surface area contributed by atoms with Crippen LogP contribution >= 0.6 is 11.6 Å². The van der Waals surface area contributed by atoms with Crippen molar-refractivity contribution in [1.82, 2.24) is 5.32 Å². The molecule has 1 unspecified atom stereocenters. The van der Waals surface area contributed by atoms with E-state index >= 15 is 0 Å². The summed E-state index contributed by atoms with van der Waals surface area (Å²) in [6.45, 7) is 4.85. The molecule has 3 heteroatoms. The Morgan fingerprint density at radius 1 is 1.62 bits per heavy atom. The van der Waals surface area contributed by atoms with Crippen molar-refractivity contribution in [2.24, 2.45) is 5.92 Å². The van der Waals surface area contributed by atoms with E-state index in [4.69, 9.17) is 16.7 Å². The van der Waals surface area contributed by atoms with Crippen molar-refractivity contribution in [2.75, 3.05) is 6.54 Å². The molecule has 0 aliphatic rings. The molecule has 8 heavy (non-hydrogen) atoms. The number of aliphatic hydroxyl groups excluding tert-OH is 1. The summed E-state index contributed by atoms with van der Waals surface area (Å²) in [6.07, 6.45) is 0. The SMILES string of the molecule is CC(C)CNC(O)Cl. The van der Waals surface area contributed by atoms with Crippen LogP contribution in [-0.4, -0.2) is 17.3 Å². The van der Waals surface area contributed by atoms with E-state index in [2.05, 4.69) is 5.32 Å². The molecule has 50 valence electrons. The molecular formula is C5H12ClNO. The summed E-state index contributed by atoms with van der Waals surface area (Å²) in [6, 6.07) is 0. The summed E-state index contributed by atoms with van der Waals surface area (Å²) in [7, 11) is 0. The fourth-order valence-corrected chi connectivity index (χ4v) is 0.422. The van der Waals surface area contributed by atoms with E-state index in [1.54, 1.807) is 0 Å². The Morgan fingerprint density at radius 3 is 2.25 bits per heavy atom. The van der Waals surface area contributed by atoms with Crippen molar-refractivity contribution < 1.29 is 5.11 Å². The van der Waals surface area contributed by atoms with Crippen LogP contribution in [0, 0.1) is 5.92 Å². The first-order valence-electron chi connectivity index (χ1n) is 2.68. The smallest absolute Gasteiger partial charge is 0.182 e. The largest absolute Gasteiger partial charge is 0.365 e. The standard InChI is InChI=1S/C5H12ClNO/c1-4(2)3-7-5(6)8/h4-5,7-8H,3H2,1-2H3. The number of halogens is 1. The van der Waals surface area contributed by atoms with Crippen LogP contribution < -0.4 is 5.32 Å². The Balaban J connectivity index is 2.93. The Bertz CT molecular complexity index is 48.4. The molecular weight excluding hydrogens is 126 g/mol. The van der Waals surface area contributed by atoms with E-state index in [1.807, 2.05) is 13.8 Å². The lowest BCUT2D eigenvalue weighted by Gasteiger charge is -2.06. The van der Waals surface area contributed by atoms with Crippen LogP contribution in [0.3, 0.4) is 0 Å². The molecule has 0 amide bonds. The minimum atomic E-state index is -0.891. The molecule has 0 saturated heterocycles. The van der Waals surface area contributed by atoms with Crippen molar-refractivity contribution in [2.45, 2.75) is 19.5 Å². The second-order valence-corrected chi connectivity index (χ2v) is 2.55. The molecule has 0 aromatic carbocycles. The van der Waals surface area contributed by atoms with Crippen LogP contribution in [-0.2, 0) is 0 Å². The van der Waals surface area contributed by atoms with Gasteiger partial charge in [-0.3, -0.25) is 5.32 Å². The predicted molar refractivity (Wildman–Crippen MR) is 34.7 cm³/mol. The molecule has 0 aliphatic carbocycles. The highest BCUT2D eigenvalue weighted by atomic mass is 35.5. The average molecular weight is 138 g/mol. The van der Waals surface area contributed by atoms with Gasteiger partial charge < -0.3 is 5.11 Å². The van der Waals surface area contributed by atoms with E-state index in [0.717, 1.165) is 6.54 Å². The third kappa shape index (κ3) is 6.21. The van der Waals surface area contributed by atoms with Crippen LogP contribution in [0.5, 0.6) is 0 Å². The molecule has 0 aromatic heterocycles. The summed E-state index contributed by atoms with van der Waals surface area (Å²) in [4.78, 5) is 0. The van der Waals surface area contributed by atoms with Crippen molar-refractivity contribution in [3.05, 3.63) is 0 Å². The molecule has 0 aromatic rings.